The highest BCUT2D eigenvalue weighted by atomic mass is 35.5. The summed E-state index contributed by atoms with van der Waals surface area (Å²) in [4.78, 5) is 24.4. The van der Waals surface area contributed by atoms with E-state index in [-0.39, 0.29) is 11.7 Å². The molecule has 21 heavy (non-hydrogen) atoms. The minimum Gasteiger partial charge on any atom is -0.444 e. The van der Waals surface area contributed by atoms with Crippen molar-refractivity contribution in [1.82, 2.24) is 5.32 Å². The number of nitrogens with one attached hydrogen (secondary N) is 1. The maximum Gasteiger partial charge on any atom is 0.408 e. The molecule has 114 valence electrons. The summed E-state index contributed by atoms with van der Waals surface area (Å²) in [5.74, 6) is -0.324. The van der Waals surface area contributed by atoms with Crippen molar-refractivity contribution in [3.8, 4) is 0 Å². The Bertz CT molecular complexity index is 538. The van der Waals surface area contributed by atoms with E-state index in [1.807, 2.05) is 24.3 Å². The number of halogens is 1. The van der Waals surface area contributed by atoms with Gasteiger partial charge in [-0.3, -0.25) is 4.79 Å². The molecule has 0 aliphatic heterocycles. The number of alkyl carbamates (subject to hydrolysis) is 1. The zero-order valence-corrected chi connectivity index (χ0v) is 13.3. The van der Waals surface area contributed by atoms with Crippen LogP contribution in [0.1, 0.15) is 31.9 Å². The SMILES string of the molecule is CC(C)(C)OC(=O)NC1(C(=O)CCl)Cc2ccccc2C1. The van der Waals surface area contributed by atoms with Crippen LogP contribution in [0.4, 0.5) is 4.79 Å². The second-order valence-electron chi connectivity index (χ2n) is 6.39. The van der Waals surface area contributed by atoms with Crippen LogP contribution in [-0.2, 0) is 22.4 Å². The van der Waals surface area contributed by atoms with Gasteiger partial charge < -0.3 is 10.1 Å². The first-order valence-corrected chi connectivity index (χ1v) is 7.46. The molecule has 0 aromatic heterocycles. The zero-order valence-electron chi connectivity index (χ0n) is 12.5. The number of fused-ring (bicyclic) bond motifs is 1. The molecule has 0 heterocycles. The van der Waals surface area contributed by atoms with E-state index in [1.165, 1.54) is 0 Å². The van der Waals surface area contributed by atoms with Crippen molar-refractivity contribution in [2.75, 3.05) is 5.88 Å². The molecule has 0 spiro atoms. The maximum atomic E-state index is 12.3. The lowest BCUT2D eigenvalue weighted by Crippen LogP contribution is -2.57. The molecule has 1 amide bonds. The fraction of sp³-hybridized carbons (Fsp3) is 0.500. The van der Waals surface area contributed by atoms with Crippen molar-refractivity contribution in [2.45, 2.75) is 44.8 Å². The number of hydrogen-bond acceptors (Lipinski definition) is 3. The molecular weight excluding hydrogens is 290 g/mol. The molecule has 0 fully saturated rings. The lowest BCUT2D eigenvalue weighted by atomic mass is 9.91. The molecule has 1 aromatic rings. The summed E-state index contributed by atoms with van der Waals surface area (Å²) in [5, 5.41) is 2.75. The lowest BCUT2D eigenvalue weighted by Gasteiger charge is -2.30. The van der Waals surface area contributed by atoms with Crippen LogP contribution in [0.25, 0.3) is 0 Å². The Morgan fingerprint density at radius 3 is 2.19 bits per heavy atom. The number of ketones is 1. The zero-order chi connectivity index (χ0) is 15.7. The fourth-order valence-electron chi connectivity index (χ4n) is 2.60. The summed E-state index contributed by atoms with van der Waals surface area (Å²) >= 11 is 5.74. The van der Waals surface area contributed by atoms with E-state index in [0.29, 0.717) is 12.8 Å². The molecule has 1 aromatic carbocycles. The van der Waals surface area contributed by atoms with E-state index in [4.69, 9.17) is 16.3 Å². The number of hydrogen-bond donors (Lipinski definition) is 1. The Morgan fingerprint density at radius 1 is 1.24 bits per heavy atom. The average Bonchev–Trinajstić information content (AvgIpc) is 2.74. The van der Waals surface area contributed by atoms with Crippen molar-refractivity contribution in [1.29, 1.82) is 0 Å². The van der Waals surface area contributed by atoms with Crippen molar-refractivity contribution < 1.29 is 14.3 Å². The van der Waals surface area contributed by atoms with E-state index in [2.05, 4.69) is 5.32 Å². The summed E-state index contributed by atoms with van der Waals surface area (Å²) in [5.41, 5.74) is 0.521. The highest BCUT2D eigenvalue weighted by Gasteiger charge is 2.44. The minimum absolute atomic E-state index is 0.135. The summed E-state index contributed by atoms with van der Waals surface area (Å²) < 4.78 is 5.27. The molecule has 0 radical (unpaired) electrons. The van der Waals surface area contributed by atoms with Crippen molar-refractivity contribution in [3.63, 3.8) is 0 Å². The second kappa shape index (κ2) is 5.68. The standard InChI is InChI=1S/C16H20ClNO3/c1-15(2,3)21-14(20)18-16(13(19)10-17)8-11-6-4-5-7-12(11)9-16/h4-7H,8-10H2,1-3H3,(H,18,20). The van der Waals surface area contributed by atoms with Crippen LogP contribution in [0.15, 0.2) is 24.3 Å². The number of rotatable bonds is 3. The number of ether oxygens (including phenoxy) is 1. The van der Waals surface area contributed by atoms with Gasteiger partial charge in [0.1, 0.15) is 11.1 Å². The van der Waals surface area contributed by atoms with Crippen LogP contribution >= 0.6 is 11.6 Å². The van der Waals surface area contributed by atoms with Crippen molar-refractivity contribution in [2.24, 2.45) is 0 Å². The Kier molecular flexibility index (Phi) is 4.28. The van der Waals surface area contributed by atoms with Gasteiger partial charge in [-0.25, -0.2) is 4.79 Å². The monoisotopic (exact) mass is 309 g/mol. The number of Topliss-reactive ketones (excluding diaryl/α,β-unsaturated/α-hetero) is 1. The molecule has 0 saturated carbocycles. The summed E-state index contributed by atoms with van der Waals surface area (Å²) in [6.07, 6.45) is 0.316. The summed E-state index contributed by atoms with van der Waals surface area (Å²) in [6.45, 7) is 5.35. The van der Waals surface area contributed by atoms with Crippen LogP contribution in [0, 0.1) is 0 Å². The lowest BCUT2D eigenvalue weighted by molar-refractivity contribution is -0.122. The molecule has 5 heteroatoms. The Balaban J connectivity index is 2.22. The Hall–Kier alpha value is -1.55. The van der Waals surface area contributed by atoms with E-state index < -0.39 is 17.2 Å². The van der Waals surface area contributed by atoms with Gasteiger partial charge in [0.15, 0.2) is 5.78 Å². The van der Waals surface area contributed by atoms with Crippen molar-refractivity contribution in [3.05, 3.63) is 35.4 Å². The van der Waals surface area contributed by atoms with Crippen LogP contribution in [0.5, 0.6) is 0 Å². The van der Waals surface area contributed by atoms with Gasteiger partial charge in [0, 0.05) is 12.8 Å². The second-order valence-corrected chi connectivity index (χ2v) is 6.66. The highest BCUT2D eigenvalue weighted by Crippen LogP contribution is 2.31. The third-order valence-corrected chi connectivity index (χ3v) is 3.74. The molecule has 0 saturated heterocycles. The van der Waals surface area contributed by atoms with Crippen LogP contribution < -0.4 is 5.32 Å². The van der Waals surface area contributed by atoms with Gasteiger partial charge >= 0.3 is 6.09 Å². The van der Waals surface area contributed by atoms with E-state index in [1.54, 1.807) is 20.8 Å². The predicted molar refractivity (Wildman–Crippen MR) is 81.7 cm³/mol. The number of carbonyl (C=O) groups is 2. The van der Waals surface area contributed by atoms with Crippen LogP contribution in [-0.4, -0.2) is 28.9 Å². The van der Waals surface area contributed by atoms with E-state index in [9.17, 15) is 9.59 Å². The topological polar surface area (TPSA) is 55.4 Å². The molecule has 2 rings (SSSR count). The highest BCUT2D eigenvalue weighted by molar-refractivity contribution is 6.29. The molecule has 0 bridgehead atoms. The molecule has 1 aliphatic rings. The summed E-state index contributed by atoms with van der Waals surface area (Å²) in [6, 6.07) is 7.78. The van der Waals surface area contributed by atoms with Gasteiger partial charge in [-0.05, 0) is 31.9 Å². The largest absolute Gasteiger partial charge is 0.444 e. The van der Waals surface area contributed by atoms with Gasteiger partial charge in [-0.1, -0.05) is 24.3 Å². The molecule has 0 atom stereocenters. The maximum absolute atomic E-state index is 12.3. The van der Waals surface area contributed by atoms with E-state index >= 15 is 0 Å². The van der Waals surface area contributed by atoms with Crippen LogP contribution in [0.2, 0.25) is 0 Å². The number of amides is 1. The number of alkyl halides is 1. The average molecular weight is 310 g/mol. The molecule has 1 aliphatic carbocycles. The quantitative estimate of drug-likeness (QED) is 0.874. The van der Waals surface area contributed by atoms with Gasteiger partial charge in [-0.15, -0.1) is 11.6 Å². The fourth-order valence-corrected chi connectivity index (χ4v) is 2.85. The molecule has 4 nitrogen and oxygen atoms in total. The Morgan fingerprint density at radius 2 is 1.76 bits per heavy atom. The van der Waals surface area contributed by atoms with E-state index in [0.717, 1.165) is 11.1 Å². The van der Waals surface area contributed by atoms with Gasteiger partial charge in [0.25, 0.3) is 0 Å². The smallest absolute Gasteiger partial charge is 0.408 e. The van der Waals surface area contributed by atoms with Gasteiger partial charge in [-0.2, -0.15) is 0 Å². The predicted octanol–water partition coefficient (Wildman–Crippen LogP) is 2.86. The molecule has 0 unspecified atom stereocenters. The summed E-state index contributed by atoms with van der Waals surface area (Å²) in [7, 11) is 0. The van der Waals surface area contributed by atoms with Gasteiger partial charge in [0.05, 0.1) is 5.88 Å². The first-order chi connectivity index (χ1) is 9.76. The Labute approximate surface area is 129 Å². The third kappa shape index (κ3) is 3.56. The number of carbonyl (C=O) groups excluding carboxylic acids is 2. The third-order valence-electron chi connectivity index (χ3n) is 3.50. The molecule has 1 N–H and O–H groups in total. The van der Waals surface area contributed by atoms with Gasteiger partial charge in [0.2, 0.25) is 0 Å². The molecular formula is C16H20ClNO3. The number of benzene rings is 1. The normalized spacial score (nSPS) is 16.2. The van der Waals surface area contributed by atoms with Crippen LogP contribution in [0.3, 0.4) is 0 Å². The first-order valence-electron chi connectivity index (χ1n) is 6.93. The minimum atomic E-state index is -0.992. The van der Waals surface area contributed by atoms with Crippen molar-refractivity contribution >= 4 is 23.5 Å². The first kappa shape index (κ1) is 15.8.